The normalized spacial score (nSPS) is 23.2. The van der Waals surface area contributed by atoms with E-state index in [1.165, 1.54) is 36.9 Å². The first-order valence-electron chi connectivity index (χ1n) is 6.93. The standard InChI is InChI=1S/C15H20N2S/c1-11-10-12-6-2-5-9-14(12)17(11)15(18)16-13-7-3-4-8-13/h2,5-6,9,11,13H,3-4,7-8,10H2,1H3,(H,16,18)/t11-/m0/s1. The van der Waals surface area contributed by atoms with Gasteiger partial charge in [0, 0.05) is 17.8 Å². The fraction of sp³-hybridized carbons (Fsp3) is 0.533. The van der Waals surface area contributed by atoms with Gasteiger partial charge in [0.25, 0.3) is 0 Å². The molecule has 0 bridgehead atoms. The second-order valence-corrected chi connectivity index (χ2v) is 5.87. The van der Waals surface area contributed by atoms with E-state index < -0.39 is 0 Å². The van der Waals surface area contributed by atoms with Crippen molar-refractivity contribution in [1.29, 1.82) is 0 Å². The molecule has 3 rings (SSSR count). The van der Waals surface area contributed by atoms with Gasteiger partial charge in [-0.25, -0.2) is 0 Å². The number of nitrogens with one attached hydrogen (secondary N) is 1. The summed E-state index contributed by atoms with van der Waals surface area (Å²) in [5.41, 5.74) is 2.71. The molecule has 1 atom stereocenters. The lowest BCUT2D eigenvalue weighted by molar-refractivity contribution is 0.622. The Kier molecular flexibility index (Phi) is 3.25. The number of hydrogen-bond acceptors (Lipinski definition) is 1. The Bertz CT molecular complexity index is 452. The van der Waals surface area contributed by atoms with Gasteiger partial charge < -0.3 is 10.2 Å². The molecule has 0 radical (unpaired) electrons. The summed E-state index contributed by atoms with van der Waals surface area (Å²) in [4.78, 5) is 2.29. The van der Waals surface area contributed by atoms with E-state index in [2.05, 4.69) is 41.4 Å². The van der Waals surface area contributed by atoms with E-state index in [9.17, 15) is 0 Å². The molecule has 1 saturated carbocycles. The summed E-state index contributed by atoms with van der Waals surface area (Å²) in [6.07, 6.45) is 6.31. The minimum Gasteiger partial charge on any atom is -0.360 e. The van der Waals surface area contributed by atoms with Crippen LogP contribution in [0.1, 0.15) is 38.2 Å². The largest absolute Gasteiger partial charge is 0.360 e. The van der Waals surface area contributed by atoms with Crippen LogP contribution in [0, 0.1) is 0 Å². The molecule has 96 valence electrons. The Labute approximate surface area is 114 Å². The SMILES string of the molecule is C[C@H]1Cc2ccccc2N1C(=S)NC1CCCC1. The Morgan fingerprint density at radius 3 is 2.78 bits per heavy atom. The van der Waals surface area contributed by atoms with Gasteiger partial charge >= 0.3 is 0 Å². The van der Waals surface area contributed by atoms with Gasteiger partial charge in [-0.15, -0.1) is 0 Å². The van der Waals surface area contributed by atoms with Crippen molar-refractivity contribution >= 4 is 23.0 Å². The molecular weight excluding hydrogens is 240 g/mol. The summed E-state index contributed by atoms with van der Waals surface area (Å²) in [5.74, 6) is 0. The highest BCUT2D eigenvalue weighted by Crippen LogP contribution is 2.32. The van der Waals surface area contributed by atoms with Crippen LogP contribution in [0.4, 0.5) is 5.69 Å². The van der Waals surface area contributed by atoms with Crippen LogP contribution in [0.5, 0.6) is 0 Å². The molecule has 0 saturated heterocycles. The van der Waals surface area contributed by atoms with Crippen LogP contribution >= 0.6 is 12.2 Å². The van der Waals surface area contributed by atoms with Gasteiger partial charge in [-0.05, 0) is 50.0 Å². The molecule has 0 spiro atoms. The third-order valence-corrected chi connectivity index (χ3v) is 4.42. The summed E-state index contributed by atoms with van der Waals surface area (Å²) in [5, 5.41) is 4.47. The summed E-state index contributed by atoms with van der Waals surface area (Å²) in [7, 11) is 0. The van der Waals surface area contributed by atoms with Gasteiger partial charge in [0.1, 0.15) is 0 Å². The zero-order valence-corrected chi connectivity index (χ0v) is 11.7. The number of para-hydroxylation sites is 1. The molecule has 1 aromatic carbocycles. The van der Waals surface area contributed by atoms with Crippen LogP contribution in [0.2, 0.25) is 0 Å². The van der Waals surface area contributed by atoms with Crippen molar-refractivity contribution in [3.63, 3.8) is 0 Å². The van der Waals surface area contributed by atoms with Gasteiger partial charge in [0.15, 0.2) is 5.11 Å². The Hall–Kier alpha value is -1.09. The summed E-state index contributed by atoms with van der Waals surface area (Å²) >= 11 is 5.62. The predicted molar refractivity (Wildman–Crippen MR) is 80.1 cm³/mol. The van der Waals surface area contributed by atoms with E-state index in [0.29, 0.717) is 12.1 Å². The van der Waals surface area contributed by atoms with Crippen LogP contribution in [0.15, 0.2) is 24.3 Å². The molecule has 2 nitrogen and oxygen atoms in total. The third-order valence-electron chi connectivity index (χ3n) is 4.11. The molecule has 18 heavy (non-hydrogen) atoms. The number of benzene rings is 1. The lowest BCUT2D eigenvalue weighted by Crippen LogP contribution is -2.46. The first kappa shape index (κ1) is 12.0. The van der Waals surface area contributed by atoms with E-state index in [4.69, 9.17) is 12.2 Å². The van der Waals surface area contributed by atoms with Gasteiger partial charge in [-0.3, -0.25) is 0 Å². The molecule has 1 N–H and O–H groups in total. The van der Waals surface area contributed by atoms with Gasteiger partial charge in [0.2, 0.25) is 0 Å². The molecule has 0 amide bonds. The lowest BCUT2D eigenvalue weighted by Gasteiger charge is -2.28. The smallest absolute Gasteiger partial charge is 0.173 e. The Morgan fingerprint density at radius 2 is 2.00 bits per heavy atom. The van der Waals surface area contributed by atoms with E-state index >= 15 is 0 Å². The molecule has 3 heteroatoms. The molecule has 1 aliphatic carbocycles. The van der Waals surface area contributed by atoms with E-state index in [1.807, 2.05) is 0 Å². The maximum absolute atomic E-state index is 5.62. The Balaban J connectivity index is 1.77. The van der Waals surface area contributed by atoms with E-state index in [-0.39, 0.29) is 0 Å². The average Bonchev–Trinajstić information content (AvgIpc) is 2.94. The van der Waals surface area contributed by atoms with Crippen molar-refractivity contribution in [3.05, 3.63) is 29.8 Å². The first-order chi connectivity index (χ1) is 8.75. The number of fused-ring (bicyclic) bond motifs is 1. The molecule has 1 aliphatic heterocycles. The molecule has 1 fully saturated rings. The van der Waals surface area contributed by atoms with Gasteiger partial charge in [-0.1, -0.05) is 31.0 Å². The molecule has 2 aliphatic rings. The van der Waals surface area contributed by atoms with E-state index in [1.54, 1.807) is 0 Å². The molecule has 0 aromatic heterocycles. The van der Waals surface area contributed by atoms with Crippen LogP contribution in [0.25, 0.3) is 0 Å². The first-order valence-corrected chi connectivity index (χ1v) is 7.34. The van der Waals surface area contributed by atoms with Gasteiger partial charge in [-0.2, -0.15) is 0 Å². The summed E-state index contributed by atoms with van der Waals surface area (Å²) < 4.78 is 0. The molecule has 0 unspecified atom stereocenters. The van der Waals surface area contributed by atoms with Crippen LogP contribution in [-0.2, 0) is 6.42 Å². The van der Waals surface area contributed by atoms with E-state index in [0.717, 1.165) is 11.5 Å². The van der Waals surface area contributed by atoms with Crippen LogP contribution in [0.3, 0.4) is 0 Å². The molecular formula is C15H20N2S. The average molecular weight is 260 g/mol. The summed E-state index contributed by atoms with van der Waals surface area (Å²) in [6, 6.07) is 9.68. The highest BCUT2D eigenvalue weighted by atomic mass is 32.1. The third kappa shape index (κ3) is 2.12. The number of anilines is 1. The number of hydrogen-bond donors (Lipinski definition) is 1. The monoisotopic (exact) mass is 260 g/mol. The fourth-order valence-electron chi connectivity index (χ4n) is 3.19. The summed E-state index contributed by atoms with van der Waals surface area (Å²) in [6.45, 7) is 2.25. The topological polar surface area (TPSA) is 15.3 Å². The van der Waals surface area contributed by atoms with Crippen molar-refractivity contribution < 1.29 is 0 Å². The zero-order valence-electron chi connectivity index (χ0n) is 10.9. The second-order valence-electron chi connectivity index (χ2n) is 5.48. The number of rotatable bonds is 1. The lowest BCUT2D eigenvalue weighted by atomic mass is 10.1. The van der Waals surface area contributed by atoms with Crippen molar-refractivity contribution in [2.75, 3.05) is 4.90 Å². The highest BCUT2D eigenvalue weighted by Gasteiger charge is 2.29. The predicted octanol–water partition coefficient (Wildman–Crippen LogP) is 3.25. The molecule has 1 aromatic rings. The van der Waals surface area contributed by atoms with Gasteiger partial charge in [0.05, 0.1) is 0 Å². The minimum absolute atomic E-state index is 0.476. The zero-order chi connectivity index (χ0) is 12.5. The van der Waals surface area contributed by atoms with Crippen molar-refractivity contribution in [2.45, 2.75) is 51.1 Å². The quantitative estimate of drug-likeness (QED) is 0.780. The van der Waals surface area contributed by atoms with Crippen LogP contribution in [-0.4, -0.2) is 17.2 Å². The molecule has 1 heterocycles. The second kappa shape index (κ2) is 4.88. The van der Waals surface area contributed by atoms with Crippen molar-refractivity contribution in [1.82, 2.24) is 5.32 Å². The number of thiocarbonyl (C=S) groups is 1. The fourth-order valence-corrected chi connectivity index (χ4v) is 3.63. The maximum atomic E-state index is 5.62. The van der Waals surface area contributed by atoms with Crippen molar-refractivity contribution in [3.8, 4) is 0 Å². The van der Waals surface area contributed by atoms with Crippen LogP contribution < -0.4 is 10.2 Å². The van der Waals surface area contributed by atoms with Crippen molar-refractivity contribution in [2.24, 2.45) is 0 Å². The minimum atomic E-state index is 0.476. The highest BCUT2D eigenvalue weighted by molar-refractivity contribution is 7.80. The Morgan fingerprint density at radius 1 is 1.28 bits per heavy atom. The number of nitrogens with zero attached hydrogens (tertiary/aromatic N) is 1. The maximum Gasteiger partial charge on any atom is 0.173 e.